The molecule has 1 aromatic heterocycles. The smallest absolute Gasteiger partial charge is 0.0897 e. The number of hydrogen-bond acceptors (Lipinski definition) is 3. The lowest BCUT2D eigenvalue weighted by Gasteiger charge is -2.16. The molecule has 0 radical (unpaired) electrons. The van der Waals surface area contributed by atoms with Gasteiger partial charge in [0.05, 0.1) is 10.7 Å². The molecule has 0 saturated carbocycles. The Morgan fingerprint density at radius 3 is 2.89 bits per heavy atom. The Morgan fingerprint density at radius 2 is 2.28 bits per heavy atom. The molecule has 2 nitrogen and oxygen atoms in total. The number of hydrogen-bond donors (Lipinski definition) is 1. The van der Waals surface area contributed by atoms with Crippen molar-refractivity contribution >= 4 is 22.9 Å². The second-order valence-corrected chi connectivity index (χ2v) is 5.87. The topological polar surface area (TPSA) is 24.9 Å². The highest BCUT2D eigenvalue weighted by molar-refractivity contribution is 7.09. The van der Waals surface area contributed by atoms with Crippen LogP contribution in [0.5, 0.6) is 0 Å². The molecule has 0 fully saturated rings. The number of likely N-dealkylation sites (N-methyl/N-ethyl adjacent to an activating group) is 1. The van der Waals surface area contributed by atoms with Crippen LogP contribution in [0.4, 0.5) is 0 Å². The zero-order valence-electron chi connectivity index (χ0n) is 10.6. The maximum atomic E-state index is 6.06. The van der Waals surface area contributed by atoms with Gasteiger partial charge in [0, 0.05) is 22.9 Å². The van der Waals surface area contributed by atoms with E-state index in [0.717, 1.165) is 28.7 Å². The zero-order chi connectivity index (χ0) is 13.0. The minimum atomic E-state index is 0.412. The molecule has 0 aliphatic rings. The van der Waals surface area contributed by atoms with Gasteiger partial charge in [-0.15, -0.1) is 11.3 Å². The molecule has 0 aliphatic carbocycles. The molecule has 1 atom stereocenters. The molecule has 2 rings (SSSR count). The quantitative estimate of drug-likeness (QED) is 0.904. The van der Waals surface area contributed by atoms with E-state index >= 15 is 0 Å². The summed E-state index contributed by atoms with van der Waals surface area (Å²) >= 11 is 7.77. The molecule has 0 spiro atoms. The van der Waals surface area contributed by atoms with E-state index in [9.17, 15) is 0 Å². The van der Waals surface area contributed by atoms with Crippen LogP contribution in [0.2, 0.25) is 5.02 Å². The first-order valence-electron chi connectivity index (χ1n) is 6.00. The van der Waals surface area contributed by atoms with Gasteiger partial charge in [0.2, 0.25) is 0 Å². The number of rotatable bonds is 5. The number of aryl methyl sites for hydroxylation is 1. The van der Waals surface area contributed by atoms with Crippen LogP contribution < -0.4 is 5.32 Å². The highest BCUT2D eigenvalue weighted by Crippen LogP contribution is 2.23. The number of halogens is 1. The summed E-state index contributed by atoms with van der Waals surface area (Å²) in [5.74, 6) is 0.412. The molecule has 18 heavy (non-hydrogen) atoms. The first-order valence-corrected chi connectivity index (χ1v) is 7.26. The summed E-state index contributed by atoms with van der Waals surface area (Å²) in [4.78, 5) is 4.54. The van der Waals surface area contributed by atoms with Gasteiger partial charge in [0.25, 0.3) is 0 Å². The molecule has 0 amide bonds. The molecule has 4 heteroatoms. The largest absolute Gasteiger partial charge is 0.319 e. The Labute approximate surface area is 117 Å². The zero-order valence-corrected chi connectivity index (χ0v) is 12.2. The van der Waals surface area contributed by atoms with Crippen LogP contribution in [0.25, 0.3) is 0 Å². The van der Waals surface area contributed by atoms with Crippen LogP contribution in [0.15, 0.2) is 29.6 Å². The van der Waals surface area contributed by atoms with Crippen LogP contribution in [-0.2, 0) is 6.42 Å². The average molecular weight is 281 g/mol. The third kappa shape index (κ3) is 3.55. The van der Waals surface area contributed by atoms with Crippen molar-refractivity contribution in [3.8, 4) is 0 Å². The highest BCUT2D eigenvalue weighted by atomic mass is 35.5. The van der Waals surface area contributed by atoms with Crippen LogP contribution in [-0.4, -0.2) is 18.6 Å². The summed E-state index contributed by atoms with van der Waals surface area (Å²) in [5, 5.41) is 7.31. The number of aromatic nitrogens is 1. The summed E-state index contributed by atoms with van der Waals surface area (Å²) in [6, 6.07) is 8.09. The summed E-state index contributed by atoms with van der Waals surface area (Å²) in [6.45, 7) is 2.97. The second kappa shape index (κ2) is 6.32. The minimum absolute atomic E-state index is 0.412. The predicted molar refractivity (Wildman–Crippen MR) is 78.7 cm³/mol. The van der Waals surface area contributed by atoms with Gasteiger partial charge in [-0.05, 0) is 38.1 Å². The minimum Gasteiger partial charge on any atom is -0.319 e. The van der Waals surface area contributed by atoms with Gasteiger partial charge >= 0.3 is 0 Å². The lowest BCUT2D eigenvalue weighted by atomic mass is 9.94. The number of benzene rings is 1. The molecule has 1 aromatic carbocycles. The molecule has 96 valence electrons. The first-order chi connectivity index (χ1) is 8.69. The van der Waals surface area contributed by atoms with Gasteiger partial charge in [0.1, 0.15) is 0 Å². The Bertz CT molecular complexity index is 510. The van der Waals surface area contributed by atoms with E-state index in [1.165, 1.54) is 5.56 Å². The van der Waals surface area contributed by atoms with E-state index in [1.54, 1.807) is 11.3 Å². The Kier molecular flexibility index (Phi) is 4.75. The van der Waals surface area contributed by atoms with E-state index in [-0.39, 0.29) is 0 Å². The van der Waals surface area contributed by atoms with Crippen LogP contribution in [0.3, 0.4) is 0 Å². The van der Waals surface area contributed by atoms with Gasteiger partial charge in [-0.1, -0.05) is 23.7 Å². The van der Waals surface area contributed by atoms with E-state index in [4.69, 9.17) is 11.6 Å². The summed E-state index contributed by atoms with van der Waals surface area (Å²) in [6.07, 6.45) is 0.950. The fraction of sp³-hybridized carbons (Fsp3) is 0.357. The highest BCUT2D eigenvalue weighted by Gasteiger charge is 2.13. The van der Waals surface area contributed by atoms with Crippen molar-refractivity contribution in [1.82, 2.24) is 10.3 Å². The lowest BCUT2D eigenvalue weighted by Crippen LogP contribution is -2.19. The standard InChI is InChI=1S/C14H17ClN2S/c1-10-17-14(9-18-10)7-12(8-16-2)11-4-3-5-13(15)6-11/h3-6,9,12,16H,7-8H2,1-2H3. The number of thiazole rings is 1. The summed E-state index contributed by atoms with van der Waals surface area (Å²) in [5.41, 5.74) is 2.43. The van der Waals surface area contributed by atoms with Crippen molar-refractivity contribution in [2.45, 2.75) is 19.3 Å². The maximum Gasteiger partial charge on any atom is 0.0897 e. The molecular weight excluding hydrogens is 264 g/mol. The normalized spacial score (nSPS) is 12.6. The molecule has 1 N–H and O–H groups in total. The van der Waals surface area contributed by atoms with Crippen molar-refractivity contribution in [1.29, 1.82) is 0 Å². The Hall–Kier alpha value is -0.900. The molecule has 1 heterocycles. The third-order valence-electron chi connectivity index (χ3n) is 2.89. The average Bonchev–Trinajstić information content (AvgIpc) is 2.74. The predicted octanol–water partition coefficient (Wildman–Crippen LogP) is 3.65. The maximum absolute atomic E-state index is 6.06. The van der Waals surface area contributed by atoms with Crippen molar-refractivity contribution in [3.63, 3.8) is 0 Å². The van der Waals surface area contributed by atoms with Gasteiger partial charge < -0.3 is 5.32 Å². The van der Waals surface area contributed by atoms with Gasteiger partial charge in [-0.3, -0.25) is 0 Å². The number of nitrogens with zero attached hydrogens (tertiary/aromatic N) is 1. The van der Waals surface area contributed by atoms with Crippen molar-refractivity contribution in [2.24, 2.45) is 0 Å². The van der Waals surface area contributed by atoms with Gasteiger partial charge in [0.15, 0.2) is 0 Å². The van der Waals surface area contributed by atoms with E-state index in [2.05, 4.69) is 21.7 Å². The van der Waals surface area contributed by atoms with Gasteiger partial charge in [-0.25, -0.2) is 4.98 Å². The molecule has 0 aliphatic heterocycles. The van der Waals surface area contributed by atoms with Gasteiger partial charge in [-0.2, -0.15) is 0 Å². The van der Waals surface area contributed by atoms with Crippen molar-refractivity contribution < 1.29 is 0 Å². The fourth-order valence-electron chi connectivity index (χ4n) is 2.07. The Morgan fingerprint density at radius 1 is 1.44 bits per heavy atom. The third-order valence-corrected chi connectivity index (χ3v) is 3.95. The SMILES string of the molecule is CNCC(Cc1csc(C)n1)c1cccc(Cl)c1. The monoisotopic (exact) mass is 280 g/mol. The second-order valence-electron chi connectivity index (χ2n) is 4.37. The molecule has 0 bridgehead atoms. The van der Waals surface area contributed by atoms with Crippen molar-refractivity contribution in [2.75, 3.05) is 13.6 Å². The Balaban J connectivity index is 2.17. The fourth-order valence-corrected chi connectivity index (χ4v) is 2.89. The molecule has 1 unspecified atom stereocenters. The van der Waals surface area contributed by atoms with E-state index in [1.807, 2.05) is 32.2 Å². The molecule has 2 aromatic rings. The van der Waals surface area contributed by atoms with Crippen LogP contribution >= 0.6 is 22.9 Å². The summed E-state index contributed by atoms with van der Waals surface area (Å²) in [7, 11) is 1.98. The first kappa shape index (κ1) is 13.5. The molecule has 0 saturated heterocycles. The summed E-state index contributed by atoms with van der Waals surface area (Å²) < 4.78 is 0. The van der Waals surface area contributed by atoms with Crippen LogP contribution in [0, 0.1) is 6.92 Å². The van der Waals surface area contributed by atoms with Crippen molar-refractivity contribution in [3.05, 3.63) is 50.9 Å². The molecular formula is C14H17ClN2S. The number of nitrogens with one attached hydrogen (secondary N) is 1. The van der Waals surface area contributed by atoms with E-state index in [0.29, 0.717) is 5.92 Å². The lowest BCUT2D eigenvalue weighted by molar-refractivity contribution is 0.619. The van der Waals surface area contributed by atoms with Crippen LogP contribution in [0.1, 0.15) is 22.2 Å². The van der Waals surface area contributed by atoms with E-state index < -0.39 is 0 Å².